The van der Waals surface area contributed by atoms with Crippen LogP contribution in [0.2, 0.25) is 0 Å². The number of aromatic nitrogens is 4. The van der Waals surface area contributed by atoms with Crippen LogP contribution in [0.3, 0.4) is 0 Å². The van der Waals surface area contributed by atoms with Crippen molar-refractivity contribution in [3.63, 3.8) is 0 Å². The monoisotopic (exact) mass is 555 g/mol. The van der Waals surface area contributed by atoms with Crippen molar-refractivity contribution in [2.45, 2.75) is 0 Å². The van der Waals surface area contributed by atoms with Crippen LogP contribution in [0.25, 0.3) is 21.8 Å². The van der Waals surface area contributed by atoms with Gasteiger partial charge in [-0.1, -0.05) is 0 Å². The first kappa shape index (κ1) is 20.0. The first-order valence-corrected chi connectivity index (χ1v) is 8.38. The second-order valence-electron chi connectivity index (χ2n) is 5.73. The van der Waals surface area contributed by atoms with Crippen LogP contribution in [0.1, 0.15) is 11.4 Å². The summed E-state index contributed by atoms with van der Waals surface area (Å²) in [5, 5.41) is 18.5. The molecule has 0 spiro atoms. The number of para-hydroxylation sites is 2. The van der Waals surface area contributed by atoms with Crippen LogP contribution in [0.15, 0.2) is 78.8 Å². The molecule has 0 fully saturated rings. The van der Waals surface area contributed by atoms with Gasteiger partial charge in [0.25, 0.3) is 5.70 Å². The Hall–Kier alpha value is -3.73. The maximum atomic E-state index is 9.46. The smallest absolute Gasteiger partial charge is 0.265 e. The minimum absolute atomic E-state index is 0. The van der Waals surface area contributed by atoms with E-state index in [9.17, 15) is 5.26 Å². The normalized spacial score (nSPS) is 9.72. The standard InChI is InChI=1S/C22H12N6.Pt/c1-24-21(16-23)22(19-12-14-27(25-19)17-8-4-2-5-9-17)20-13-15-28(26-20)18-10-6-3-7-11-18;/h2-8,10,12-15H;/q-2;+2. The van der Waals surface area contributed by atoms with Gasteiger partial charge in [0.1, 0.15) is 0 Å². The van der Waals surface area contributed by atoms with E-state index >= 15 is 0 Å². The van der Waals surface area contributed by atoms with Crippen molar-refractivity contribution in [2.24, 2.45) is 0 Å². The molecule has 0 unspecified atom stereocenters. The van der Waals surface area contributed by atoms with Gasteiger partial charge in [0.15, 0.2) is 0 Å². The first-order valence-electron chi connectivity index (χ1n) is 8.38. The predicted molar refractivity (Wildman–Crippen MR) is 103 cm³/mol. The predicted octanol–water partition coefficient (Wildman–Crippen LogP) is 3.86. The molecule has 2 aromatic carbocycles. The Morgan fingerprint density at radius 2 is 1.41 bits per heavy atom. The Morgan fingerprint density at radius 3 is 1.79 bits per heavy atom. The molecular formula is C22H12N6Pt. The van der Waals surface area contributed by atoms with E-state index in [4.69, 9.17) is 6.57 Å². The summed E-state index contributed by atoms with van der Waals surface area (Å²) in [6.45, 7) is 7.39. The largest absolute Gasteiger partial charge is 2.00 e. The third kappa shape index (κ3) is 4.09. The summed E-state index contributed by atoms with van der Waals surface area (Å²) in [5.74, 6) is 0. The zero-order valence-corrected chi connectivity index (χ0v) is 17.2. The van der Waals surface area contributed by atoms with Crippen LogP contribution >= 0.6 is 0 Å². The number of benzene rings is 2. The fraction of sp³-hybridized carbons (Fsp3) is 0. The zero-order valence-electron chi connectivity index (χ0n) is 14.9. The van der Waals surface area contributed by atoms with Gasteiger partial charge in [0, 0.05) is 18.0 Å². The van der Waals surface area contributed by atoms with E-state index in [0.29, 0.717) is 17.0 Å². The molecule has 7 heteroatoms. The van der Waals surface area contributed by atoms with Crippen molar-refractivity contribution >= 4 is 5.57 Å². The van der Waals surface area contributed by atoms with Crippen LogP contribution in [-0.4, -0.2) is 19.6 Å². The minimum atomic E-state index is -0.0652. The van der Waals surface area contributed by atoms with Crippen molar-refractivity contribution in [3.8, 4) is 17.4 Å². The molecule has 6 nitrogen and oxygen atoms in total. The van der Waals surface area contributed by atoms with E-state index in [0.717, 1.165) is 11.4 Å². The Morgan fingerprint density at radius 1 is 0.897 bits per heavy atom. The van der Waals surface area contributed by atoms with E-state index in [2.05, 4.69) is 27.2 Å². The molecule has 0 bridgehead atoms. The van der Waals surface area contributed by atoms with Gasteiger partial charge < -0.3 is 0 Å². The number of allylic oxidation sites excluding steroid dienone is 1. The van der Waals surface area contributed by atoms with Crippen molar-refractivity contribution in [1.29, 1.82) is 5.26 Å². The quantitative estimate of drug-likeness (QED) is 0.284. The summed E-state index contributed by atoms with van der Waals surface area (Å²) in [4.78, 5) is 3.38. The van der Waals surface area contributed by atoms with Crippen LogP contribution < -0.4 is 0 Å². The van der Waals surface area contributed by atoms with E-state index < -0.39 is 0 Å². The number of nitriles is 1. The van der Waals surface area contributed by atoms with Crippen molar-refractivity contribution in [2.75, 3.05) is 0 Å². The van der Waals surface area contributed by atoms with E-state index in [1.807, 2.05) is 42.5 Å². The molecule has 4 aromatic rings. The molecule has 0 N–H and O–H groups in total. The van der Waals surface area contributed by atoms with Crippen molar-refractivity contribution in [1.82, 2.24) is 19.6 Å². The molecule has 140 valence electrons. The number of hydrogen-bond donors (Lipinski definition) is 0. The average Bonchev–Trinajstić information content (AvgIpc) is 3.43. The second kappa shape index (κ2) is 8.97. The molecule has 0 aliphatic rings. The third-order valence-corrected chi connectivity index (χ3v) is 4.02. The fourth-order valence-electron chi connectivity index (χ4n) is 2.75. The van der Waals surface area contributed by atoms with Crippen molar-refractivity contribution in [3.05, 3.63) is 114 Å². The average molecular weight is 555 g/mol. The van der Waals surface area contributed by atoms with Gasteiger partial charge in [-0.3, -0.25) is 9.36 Å². The Balaban J connectivity index is 0.00000240. The molecule has 0 atom stereocenters. The summed E-state index contributed by atoms with van der Waals surface area (Å²) in [5.41, 5.74) is 2.84. The number of hydrogen-bond acceptors (Lipinski definition) is 3. The van der Waals surface area contributed by atoms with Crippen LogP contribution in [-0.2, 0) is 21.1 Å². The first-order chi connectivity index (χ1) is 13.8. The zero-order chi connectivity index (χ0) is 19.3. The van der Waals surface area contributed by atoms with Crippen LogP contribution in [0.5, 0.6) is 0 Å². The van der Waals surface area contributed by atoms with Gasteiger partial charge in [-0.05, 0) is 23.5 Å². The summed E-state index contributed by atoms with van der Waals surface area (Å²) in [6, 6.07) is 26.5. The van der Waals surface area contributed by atoms with E-state index in [1.54, 1.807) is 46.0 Å². The van der Waals surface area contributed by atoms with Gasteiger partial charge >= 0.3 is 21.1 Å². The van der Waals surface area contributed by atoms with Gasteiger partial charge in [0.05, 0.1) is 24.0 Å². The maximum absolute atomic E-state index is 9.46. The van der Waals surface area contributed by atoms with Gasteiger partial charge in [-0.2, -0.15) is 58.7 Å². The molecular weight excluding hydrogens is 543 g/mol. The molecule has 0 saturated heterocycles. The Labute approximate surface area is 182 Å². The summed E-state index contributed by atoms with van der Waals surface area (Å²) in [6.07, 6.45) is 3.53. The molecule has 0 amide bonds. The minimum Gasteiger partial charge on any atom is -0.265 e. The SMILES string of the molecule is [C-]#[N+]C(C#N)=C(c1ccn(-c2[c-]cccc2)n1)c1ccn(-c2[c-]cccc2)n1.[Pt+2]. The van der Waals surface area contributed by atoms with Crippen molar-refractivity contribution < 1.29 is 21.1 Å². The molecule has 0 saturated carbocycles. The summed E-state index contributed by atoms with van der Waals surface area (Å²) >= 11 is 0. The number of nitrogens with zero attached hydrogens (tertiary/aromatic N) is 6. The van der Waals surface area contributed by atoms with Gasteiger partial charge in [-0.25, -0.2) is 10.1 Å². The summed E-state index contributed by atoms with van der Waals surface area (Å²) in [7, 11) is 0. The van der Waals surface area contributed by atoms with Crippen LogP contribution in [0, 0.1) is 30.0 Å². The molecule has 0 aliphatic carbocycles. The maximum Gasteiger partial charge on any atom is 2.00 e. The Bertz CT molecular complexity index is 1130. The molecule has 4 rings (SSSR count). The Kier molecular flexibility index (Phi) is 6.19. The van der Waals surface area contributed by atoms with E-state index in [-0.39, 0.29) is 26.8 Å². The van der Waals surface area contributed by atoms with E-state index in [1.165, 1.54) is 0 Å². The number of rotatable bonds is 4. The molecule has 0 radical (unpaired) electrons. The van der Waals surface area contributed by atoms with Gasteiger partial charge in [0.2, 0.25) is 0 Å². The molecule has 0 aliphatic heterocycles. The topological polar surface area (TPSA) is 63.8 Å². The second-order valence-corrected chi connectivity index (χ2v) is 5.73. The van der Waals surface area contributed by atoms with Crippen LogP contribution in [0.4, 0.5) is 0 Å². The summed E-state index contributed by atoms with van der Waals surface area (Å²) < 4.78 is 3.30. The molecule has 2 heterocycles. The molecule has 29 heavy (non-hydrogen) atoms. The van der Waals surface area contributed by atoms with Gasteiger partial charge in [-0.15, -0.1) is 12.1 Å². The molecule has 2 aromatic heterocycles. The third-order valence-electron chi connectivity index (χ3n) is 4.02. The fourth-order valence-corrected chi connectivity index (χ4v) is 2.75.